The van der Waals surface area contributed by atoms with Gasteiger partial charge in [0.25, 0.3) is 0 Å². The van der Waals surface area contributed by atoms with Crippen LogP contribution in [0, 0.1) is 13.8 Å². The number of hydrogen-bond donors (Lipinski definition) is 2. The van der Waals surface area contributed by atoms with Crippen LogP contribution in [0.3, 0.4) is 0 Å². The lowest BCUT2D eigenvalue weighted by Crippen LogP contribution is -2.45. The molecule has 1 aromatic carbocycles. The van der Waals surface area contributed by atoms with Crippen molar-refractivity contribution in [1.82, 2.24) is 5.32 Å². The van der Waals surface area contributed by atoms with Crippen LogP contribution in [0.4, 0.5) is 5.69 Å². The highest BCUT2D eigenvalue weighted by molar-refractivity contribution is 7.10. The highest BCUT2D eigenvalue weighted by atomic mass is 32.1. The molecule has 3 rings (SSSR count). The van der Waals surface area contributed by atoms with Crippen molar-refractivity contribution in [3.8, 4) is 0 Å². The lowest BCUT2D eigenvalue weighted by Gasteiger charge is -2.36. The largest absolute Gasteiger partial charge is 0.347 e. The van der Waals surface area contributed by atoms with Crippen LogP contribution in [0.1, 0.15) is 48.1 Å². The van der Waals surface area contributed by atoms with Gasteiger partial charge in [0.2, 0.25) is 0 Å². The molecule has 0 aliphatic heterocycles. The first kappa shape index (κ1) is 18.6. The molecule has 0 radical (unpaired) electrons. The minimum Gasteiger partial charge on any atom is -0.347 e. The molecular weight excluding hydrogens is 344 g/mol. The van der Waals surface area contributed by atoms with Crippen molar-refractivity contribution in [2.24, 2.45) is 0 Å². The fourth-order valence-electron chi connectivity index (χ4n) is 3.66. The molecular formula is C21H26N2O2S. The van der Waals surface area contributed by atoms with Gasteiger partial charge in [-0.25, -0.2) is 0 Å². The summed E-state index contributed by atoms with van der Waals surface area (Å²) in [5.74, 6) is -1.17. The Morgan fingerprint density at radius 3 is 2.46 bits per heavy atom. The van der Waals surface area contributed by atoms with Gasteiger partial charge in [-0.15, -0.1) is 11.3 Å². The maximum atomic E-state index is 12.3. The van der Waals surface area contributed by atoms with Gasteiger partial charge in [-0.1, -0.05) is 31.4 Å². The standard InChI is InChI=1S/C21H26N2O2S/c1-15-8-9-17(13-16(15)2)23-20(25)19(24)22-14-21(10-4-3-5-11-21)18-7-6-12-26-18/h6-9,12-13H,3-5,10-11,14H2,1-2H3,(H,22,24)(H,23,25). The van der Waals surface area contributed by atoms with Crippen molar-refractivity contribution in [2.75, 3.05) is 11.9 Å². The molecule has 1 saturated carbocycles. The Bertz CT molecular complexity index is 777. The number of thiophene rings is 1. The molecule has 0 unspecified atom stereocenters. The van der Waals surface area contributed by atoms with Gasteiger partial charge < -0.3 is 10.6 Å². The van der Waals surface area contributed by atoms with Crippen LogP contribution < -0.4 is 10.6 Å². The first-order valence-corrected chi connectivity index (χ1v) is 10.1. The maximum absolute atomic E-state index is 12.3. The van der Waals surface area contributed by atoms with Gasteiger partial charge in [-0.05, 0) is 61.4 Å². The van der Waals surface area contributed by atoms with Crippen LogP contribution in [-0.4, -0.2) is 18.4 Å². The molecule has 1 aliphatic rings. The molecule has 0 spiro atoms. The number of nitrogens with one attached hydrogen (secondary N) is 2. The first-order valence-electron chi connectivity index (χ1n) is 9.21. The highest BCUT2D eigenvalue weighted by Crippen LogP contribution is 2.41. The van der Waals surface area contributed by atoms with E-state index in [0.717, 1.165) is 24.0 Å². The summed E-state index contributed by atoms with van der Waals surface area (Å²) >= 11 is 1.74. The normalized spacial score (nSPS) is 16.1. The van der Waals surface area contributed by atoms with Crippen LogP contribution >= 0.6 is 11.3 Å². The van der Waals surface area contributed by atoms with Crippen molar-refractivity contribution in [2.45, 2.75) is 51.4 Å². The minimum atomic E-state index is -0.606. The van der Waals surface area contributed by atoms with E-state index in [2.05, 4.69) is 28.1 Å². The zero-order chi connectivity index (χ0) is 18.6. The summed E-state index contributed by atoms with van der Waals surface area (Å²) in [6, 6.07) is 9.86. The van der Waals surface area contributed by atoms with Crippen LogP contribution in [0.2, 0.25) is 0 Å². The third-order valence-electron chi connectivity index (χ3n) is 5.41. The van der Waals surface area contributed by atoms with E-state index in [-0.39, 0.29) is 5.41 Å². The van der Waals surface area contributed by atoms with E-state index in [1.165, 1.54) is 24.1 Å². The molecule has 0 atom stereocenters. The number of hydrogen-bond acceptors (Lipinski definition) is 3. The second-order valence-corrected chi connectivity index (χ2v) is 8.20. The molecule has 2 amide bonds. The summed E-state index contributed by atoms with van der Waals surface area (Å²) in [6.07, 6.45) is 5.71. The third kappa shape index (κ3) is 4.15. The lowest BCUT2D eigenvalue weighted by molar-refractivity contribution is -0.136. The Kier molecular flexibility index (Phi) is 5.77. The van der Waals surface area contributed by atoms with Gasteiger partial charge in [0.05, 0.1) is 0 Å². The molecule has 1 fully saturated rings. The van der Waals surface area contributed by atoms with Crippen molar-refractivity contribution >= 4 is 28.8 Å². The number of benzene rings is 1. The quantitative estimate of drug-likeness (QED) is 0.788. The van der Waals surface area contributed by atoms with Gasteiger partial charge in [0, 0.05) is 22.5 Å². The average molecular weight is 371 g/mol. The van der Waals surface area contributed by atoms with Crippen molar-refractivity contribution in [1.29, 1.82) is 0 Å². The smallest absolute Gasteiger partial charge is 0.313 e. The van der Waals surface area contributed by atoms with Gasteiger partial charge >= 0.3 is 11.8 Å². The van der Waals surface area contributed by atoms with Crippen LogP contribution in [0.15, 0.2) is 35.7 Å². The number of anilines is 1. The Labute approximate surface area is 159 Å². The summed E-state index contributed by atoms with van der Waals surface area (Å²) in [7, 11) is 0. The number of amides is 2. The molecule has 0 saturated heterocycles. The van der Waals surface area contributed by atoms with E-state index >= 15 is 0 Å². The Balaban J connectivity index is 1.63. The van der Waals surface area contributed by atoms with Crippen LogP contribution in [-0.2, 0) is 15.0 Å². The summed E-state index contributed by atoms with van der Waals surface area (Å²) in [4.78, 5) is 25.9. The molecule has 1 aromatic heterocycles. The lowest BCUT2D eigenvalue weighted by atomic mass is 9.73. The zero-order valence-electron chi connectivity index (χ0n) is 15.4. The zero-order valence-corrected chi connectivity index (χ0v) is 16.2. The fourth-order valence-corrected chi connectivity index (χ4v) is 4.64. The fraction of sp³-hybridized carbons (Fsp3) is 0.429. The van der Waals surface area contributed by atoms with Crippen molar-refractivity contribution in [3.05, 3.63) is 51.7 Å². The summed E-state index contributed by atoms with van der Waals surface area (Å²) in [5, 5.41) is 7.66. The summed E-state index contributed by atoms with van der Waals surface area (Å²) in [6.45, 7) is 4.52. The van der Waals surface area contributed by atoms with Gasteiger partial charge in [-0.3, -0.25) is 9.59 Å². The third-order valence-corrected chi connectivity index (χ3v) is 6.53. The van der Waals surface area contributed by atoms with E-state index in [9.17, 15) is 9.59 Å². The molecule has 2 aromatic rings. The van der Waals surface area contributed by atoms with E-state index in [0.29, 0.717) is 12.2 Å². The molecule has 1 heterocycles. The Morgan fingerprint density at radius 2 is 1.81 bits per heavy atom. The van der Waals surface area contributed by atoms with Crippen LogP contribution in [0.5, 0.6) is 0 Å². The monoisotopic (exact) mass is 370 g/mol. The summed E-state index contributed by atoms with van der Waals surface area (Å²) < 4.78 is 0. The Morgan fingerprint density at radius 1 is 1.04 bits per heavy atom. The molecule has 2 N–H and O–H groups in total. The molecule has 4 nitrogen and oxygen atoms in total. The van der Waals surface area contributed by atoms with E-state index in [4.69, 9.17) is 0 Å². The molecule has 138 valence electrons. The number of carbonyl (C=O) groups excluding carboxylic acids is 2. The van der Waals surface area contributed by atoms with Gasteiger partial charge in [0.1, 0.15) is 0 Å². The predicted molar refractivity (Wildman–Crippen MR) is 107 cm³/mol. The maximum Gasteiger partial charge on any atom is 0.313 e. The second kappa shape index (κ2) is 8.04. The van der Waals surface area contributed by atoms with E-state index in [1.54, 1.807) is 11.3 Å². The molecule has 1 aliphatic carbocycles. The number of carbonyl (C=O) groups is 2. The summed E-state index contributed by atoms with van der Waals surface area (Å²) in [5.41, 5.74) is 2.87. The van der Waals surface area contributed by atoms with Crippen LogP contribution in [0.25, 0.3) is 0 Å². The topological polar surface area (TPSA) is 58.2 Å². The SMILES string of the molecule is Cc1ccc(NC(=O)C(=O)NCC2(c3cccs3)CCCCC2)cc1C. The molecule has 26 heavy (non-hydrogen) atoms. The van der Waals surface area contributed by atoms with Crippen molar-refractivity contribution in [3.63, 3.8) is 0 Å². The highest BCUT2D eigenvalue weighted by Gasteiger charge is 2.35. The van der Waals surface area contributed by atoms with E-state index < -0.39 is 11.8 Å². The van der Waals surface area contributed by atoms with Gasteiger partial charge in [0.15, 0.2) is 0 Å². The minimum absolute atomic E-state index is 0.0250. The van der Waals surface area contributed by atoms with Crippen molar-refractivity contribution < 1.29 is 9.59 Å². The first-order chi connectivity index (χ1) is 12.5. The predicted octanol–water partition coefficient (Wildman–Crippen LogP) is 4.32. The molecule has 5 heteroatoms. The average Bonchev–Trinajstić information content (AvgIpc) is 3.19. The number of rotatable bonds is 4. The van der Waals surface area contributed by atoms with E-state index in [1.807, 2.05) is 32.0 Å². The second-order valence-electron chi connectivity index (χ2n) is 7.25. The molecule has 0 bridgehead atoms. The Hall–Kier alpha value is -2.14. The van der Waals surface area contributed by atoms with Gasteiger partial charge in [-0.2, -0.15) is 0 Å². The number of aryl methyl sites for hydroxylation is 2.